The lowest BCUT2D eigenvalue weighted by Crippen LogP contribution is -1.95. The Hall–Kier alpha value is -0.900. The van der Waals surface area contributed by atoms with Gasteiger partial charge >= 0.3 is 0 Å². The van der Waals surface area contributed by atoms with Crippen molar-refractivity contribution in [1.29, 1.82) is 0 Å². The van der Waals surface area contributed by atoms with E-state index in [0.717, 1.165) is 5.03 Å². The normalized spacial score (nSPS) is 9.70. The van der Waals surface area contributed by atoms with E-state index in [2.05, 4.69) is 4.98 Å². The molecule has 0 saturated heterocycles. The van der Waals surface area contributed by atoms with Crippen molar-refractivity contribution in [3.63, 3.8) is 0 Å². The Morgan fingerprint density at radius 2 is 2.10 bits per heavy atom. The van der Waals surface area contributed by atoms with E-state index < -0.39 is 0 Å². The van der Waals surface area contributed by atoms with E-state index in [4.69, 9.17) is 11.5 Å². The van der Waals surface area contributed by atoms with Gasteiger partial charge in [0, 0.05) is 0 Å². The molecular formula is C6H9N3S. The number of anilines is 2. The molecule has 0 radical (unpaired) electrons. The highest BCUT2D eigenvalue weighted by Gasteiger charge is 1.95. The SMILES string of the molecule is CSc1cc(N)c(N)cn1. The molecule has 0 saturated carbocycles. The fourth-order valence-corrected chi connectivity index (χ4v) is 0.976. The van der Waals surface area contributed by atoms with Crippen LogP contribution in [0.3, 0.4) is 0 Å². The monoisotopic (exact) mass is 155 g/mol. The van der Waals surface area contributed by atoms with Gasteiger partial charge in [0.05, 0.1) is 22.6 Å². The molecule has 1 heterocycles. The van der Waals surface area contributed by atoms with E-state index >= 15 is 0 Å². The molecule has 0 atom stereocenters. The van der Waals surface area contributed by atoms with E-state index in [1.807, 2.05) is 6.26 Å². The summed E-state index contributed by atoms with van der Waals surface area (Å²) >= 11 is 1.54. The highest BCUT2D eigenvalue weighted by Crippen LogP contribution is 2.18. The zero-order chi connectivity index (χ0) is 7.56. The van der Waals surface area contributed by atoms with Gasteiger partial charge in [-0.25, -0.2) is 4.98 Å². The molecule has 0 bridgehead atoms. The summed E-state index contributed by atoms with van der Waals surface area (Å²) in [7, 11) is 0. The first kappa shape index (κ1) is 7.21. The van der Waals surface area contributed by atoms with E-state index in [-0.39, 0.29) is 0 Å². The smallest absolute Gasteiger partial charge is 0.0979 e. The van der Waals surface area contributed by atoms with Crippen LogP contribution in [0.15, 0.2) is 17.3 Å². The number of aromatic nitrogens is 1. The quantitative estimate of drug-likeness (QED) is 0.593. The van der Waals surface area contributed by atoms with Crippen molar-refractivity contribution in [1.82, 2.24) is 4.98 Å². The maximum absolute atomic E-state index is 5.52. The number of hydrogen-bond acceptors (Lipinski definition) is 4. The van der Waals surface area contributed by atoms with Crippen LogP contribution in [0.5, 0.6) is 0 Å². The molecule has 0 aliphatic carbocycles. The predicted molar refractivity (Wildman–Crippen MR) is 44.8 cm³/mol. The molecule has 54 valence electrons. The first-order chi connectivity index (χ1) is 4.74. The Kier molecular flexibility index (Phi) is 2.01. The lowest BCUT2D eigenvalue weighted by molar-refractivity contribution is 1.15. The van der Waals surface area contributed by atoms with Gasteiger partial charge in [0.2, 0.25) is 0 Å². The van der Waals surface area contributed by atoms with Gasteiger partial charge in [-0.3, -0.25) is 0 Å². The van der Waals surface area contributed by atoms with E-state index in [1.165, 1.54) is 0 Å². The summed E-state index contributed by atoms with van der Waals surface area (Å²) in [5.74, 6) is 0. The van der Waals surface area contributed by atoms with Crippen LogP contribution in [-0.4, -0.2) is 11.2 Å². The molecule has 3 nitrogen and oxygen atoms in total. The molecule has 0 aliphatic rings. The van der Waals surface area contributed by atoms with E-state index in [1.54, 1.807) is 24.0 Å². The fourth-order valence-electron chi connectivity index (χ4n) is 0.573. The fraction of sp³-hybridized carbons (Fsp3) is 0.167. The van der Waals surface area contributed by atoms with Crippen LogP contribution in [0.25, 0.3) is 0 Å². The maximum atomic E-state index is 5.52. The first-order valence-electron chi connectivity index (χ1n) is 2.79. The van der Waals surface area contributed by atoms with Crippen molar-refractivity contribution in [3.05, 3.63) is 12.3 Å². The van der Waals surface area contributed by atoms with Gasteiger partial charge < -0.3 is 11.5 Å². The molecule has 1 aromatic heterocycles. The van der Waals surface area contributed by atoms with Crippen LogP contribution in [-0.2, 0) is 0 Å². The number of rotatable bonds is 1. The predicted octanol–water partition coefficient (Wildman–Crippen LogP) is 0.968. The van der Waals surface area contributed by atoms with Gasteiger partial charge in [-0.1, -0.05) is 0 Å². The molecule has 4 heteroatoms. The molecule has 0 amide bonds. The third-order valence-corrected chi connectivity index (χ3v) is 1.79. The summed E-state index contributed by atoms with van der Waals surface area (Å²) in [6.07, 6.45) is 3.51. The second kappa shape index (κ2) is 2.79. The largest absolute Gasteiger partial charge is 0.397 e. The summed E-state index contributed by atoms with van der Waals surface area (Å²) in [4.78, 5) is 4.02. The third-order valence-electron chi connectivity index (χ3n) is 1.15. The Morgan fingerprint density at radius 3 is 2.60 bits per heavy atom. The highest BCUT2D eigenvalue weighted by atomic mass is 32.2. The van der Waals surface area contributed by atoms with Crippen LogP contribution in [0, 0.1) is 0 Å². The van der Waals surface area contributed by atoms with Crippen LogP contribution in [0.4, 0.5) is 11.4 Å². The van der Waals surface area contributed by atoms with Crippen molar-refractivity contribution >= 4 is 23.1 Å². The molecule has 1 aromatic rings. The van der Waals surface area contributed by atoms with Crippen molar-refractivity contribution < 1.29 is 0 Å². The van der Waals surface area contributed by atoms with Crippen molar-refractivity contribution in [2.45, 2.75) is 5.03 Å². The van der Waals surface area contributed by atoms with Crippen molar-refractivity contribution in [2.75, 3.05) is 17.7 Å². The Labute approximate surface area is 63.8 Å². The number of nitrogens with two attached hydrogens (primary N) is 2. The van der Waals surface area contributed by atoms with Crippen LogP contribution >= 0.6 is 11.8 Å². The molecule has 0 aromatic carbocycles. The van der Waals surface area contributed by atoms with Gasteiger partial charge in [-0.2, -0.15) is 0 Å². The van der Waals surface area contributed by atoms with Gasteiger partial charge in [0.15, 0.2) is 0 Å². The number of thioether (sulfide) groups is 1. The minimum Gasteiger partial charge on any atom is -0.397 e. The molecule has 0 aliphatic heterocycles. The van der Waals surface area contributed by atoms with E-state index in [0.29, 0.717) is 11.4 Å². The second-order valence-corrected chi connectivity index (χ2v) is 2.68. The number of hydrogen-bond donors (Lipinski definition) is 2. The minimum absolute atomic E-state index is 0.540. The second-order valence-electron chi connectivity index (χ2n) is 1.86. The molecule has 0 unspecified atom stereocenters. The van der Waals surface area contributed by atoms with Crippen molar-refractivity contribution in [2.24, 2.45) is 0 Å². The highest BCUT2D eigenvalue weighted by molar-refractivity contribution is 7.98. The summed E-state index contributed by atoms with van der Waals surface area (Å²) in [5, 5.41) is 0.895. The molecule has 1 rings (SSSR count). The van der Waals surface area contributed by atoms with Crippen LogP contribution in [0.2, 0.25) is 0 Å². The van der Waals surface area contributed by atoms with Gasteiger partial charge in [0.25, 0.3) is 0 Å². The minimum atomic E-state index is 0.540. The zero-order valence-corrected chi connectivity index (χ0v) is 6.48. The lowest BCUT2D eigenvalue weighted by Gasteiger charge is -1.99. The van der Waals surface area contributed by atoms with Gasteiger partial charge in [-0.15, -0.1) is 11.8 Å². The summed E-state index contributed by atoms with van der Waals surface area (Å²) in [5.41, 5.74) is 12.1. The number of nitrogens with zero attached hydrogens (tertiary/aromatic N) is 1. The number of nitrogen functional groups attached to an aromatic ring is 2. The van der Waals surface area contributed by atoms with Crippen LogP contribution in [0.1, 0.15) is 0 Å². The average molecular weight is 155 g/mol. The molecule has 10 heavy (non-hydrogen) atoms. The average Bonchev–Trinajstić information content (AvgIpc) is 1.95. The van der Waals surface area contributed by atoms with Crippen LogP contribution < -0.4 is 11.5 Å². The Morgan fingerprint density at radius 1 is 1.40 bits per heavy atom. The maximum Gasteiger partial charge on any atom is 0.0979 e. The molecular weight excluding hydrogens is 146 g/mol. The van der Waals surface area contributed by atoms with Gasteiger partial charge in [-0.05, 0) is 12.3 Å². The zero-order valence-electron chi connectivity index (χ0n) is 5.66. The number of pyridine rings is 1. The topological polar surface area (TPSA) is 64.9 Å². The molecule has 0 spiro atoms. The lowest BCUT2D eigenvalue weighted by atomic mass is 10.4. The van der Waals surface area contributed by atoms with E-state index in [9.17, 15) is 0 Å². The van der Waals surface area contributed by atoms with Gasteiger partial charge in [0.1, 0.15) is 0 Å². The molecule has 4 N–H and O–H groups in total. The summed E-state index contributed by atoms with van der Waals surface area (Å²) < 4.78 is 0. The Bertz CT molecular complexity index is 236. The standard InChI is InChI=1S/C6H9N3S/c1-10-6-2-4(7)5(8)3-9-6/h2-3H,8H2,1H3,(H2,7,9). The third kappa shape index (κ3) is 1.33. The summed E-state index contributed by atoms with van der Waals surface area (Å²) in [6.45, 7) is 0. The van der Waals surface area contributed by atoms with Crippen molar-refractivity contribution in [3.8, 4) is 0 Å². The Balaban J connectivity index is 3.04. The first-order valence-corrected chi connectivity index (χ1v) is 4.01. The molecule has 0 fully saturated rings. The summed E-state index contributed by atoms with van der Waals surface area (Å²) in [6, 6.07) is 1.76.